The van der Waals surface area contributed by atoms with Gasteiger partial charge in [0.15, 0.2) is 0 Å². The number of benzene rings is 1. The summed E-state index contributed by atoms with van der Waals surface area (Å²) >= 11 is 0. The van der Waals surface area contributed by atoms with Crippen molar-refractivity contribution in [3.05, 3.63) is 35.7 Å². The SMILES string of the molecule is COc1ccccc1-c1nc(CN2CCNCC2)c(C)o1. The number of rotatable bonds is 4. The summed E-state index contributed by atoms with van der Waals surface area (Å²) < 4.78 is 11.2. The number of oxazole rings is 1. The lowest BCUT2D eigenvalue weighted by Crippen LogP contribution is -2.43. The van der Waals surface area contributed by atoms with E-state index in [1.807, 2.05) is 31.2 Å². The lowest BCUT2D eigenvalue weighted by atomic mass is 10.2. The Morgan fingerprint density at radius 3 is 2.81 bits per heavy atom. The van der Waals surface area contributed by atoms with E-state index in [1.54, 1.807) is 7.11 Å². The summed E-state index contributed by atoms with van der Waals surface area (Å²) in [6.07, 6.45) is 0. The van der Waals surface area contributed by atoms with Crippen molar-refractivity contribution < 1.29 is 9.15 Å². The van der Waals surface area contributed by atoms with Crippen molar-refractivity contribution in [2.24, 2.45) is 0 Å². The third-order valence-electron chi connectivity index (χ3n) is 3.81. The maximum absolute atomic E-state index is 5.85. The van der Waals surface area contributed by atoms with Crippen molar-refractivity contribution in [2.45, 2.75) is 13.5 Å². The van der Waals surface area contributed by atoms with Crippen LogP contribution >= 0.6 is 0 Å². The first kappa shape index (κ1) is 14.1. The summed E-state index contributed by atoms with van der Waals surface area (Å²) in [6.45, 7) is 6.99. The van der Waals surface area contributed by atoms with Crippen LogP contribution in [0.25, 0.3) is 11.5 Å². The van der Waals surface area contributed by atoms with Crippen molar-refractivity contribution in [1.29, 1.82) is 0 Å². The molecule has 0 unspecified atom stereocenters. The van der Waals surface area contributed by atoms with Gasteiger partial charge in [-0.25, -0.2) is 4.98 Å². The summed E-state index contributed by atoms with van der Waals surface area (Å²) in [4.78, 5) is 7.07. The second-order valence-electron chi connectivity index (χ2n) is 5.25. The Balaban J connectivity index is 1.83. The molecular weight excluding hydrogens is 266 g/mol. The zero-order valence-electron chi connectivity index (χ0n) is 12.6. The van der Waals surface area contributed by atoms with E-state index in [0.717, 1.165) is 55.5 Å². The molecule has 0 amide bonds. The first-order valence-corrected chi connectivity index (χ1v) is 7.30. The lowest BCUT2D eigenvalue weighted by Gasteiger charge is -2.26. The van der Waals surface area contributed by atoms with E-state index in [-0.39, 0.29) is 0 Å². The third kappa shape index (κ3) is 3.09. The van der Waals surface area contributed by atoms with Crippen molar-refractivity contribution >= 4 is 0 Å². The molecule has 0 atom stereocenters. The van der Waals surface area contributed by atoms with Gasteiger partial charge in [-0.2, -0.15) is 0 Å². The molecule has 1 aliphatic rings. The van der Waals surface area contributed by atoms with E-state index in [2.05, 4.69) is 15.2 Å². The van der Waals surface area contributed by atoms with Gasteiger partial charge in [-0.1, -0.05) is 12.1 Å². The van der Waals surface area contributed by atoms with Gasteiger partial charge < -0.3 is 14.5 Å². The summed E-state index contributed by atoms with van der Waals surface area (Å²) in [5.74, 6) is 2.30. The molecule has 0 aliphatic carbocycles. The monoisotopic (exact) mass is 287 g/mol. The Bertz CT molecular complexity index is 603. The van der Waals surface area contributed by atoms with Crippen LogP contribution in [-0.4, -0.2) is 43.2 Å². The molecule has 1 fully saturated rings. The fraction of sp³-hybridized carbons (Fsp3) is 0.438. The van der Waals surface area contributed by atoms with Crippen molar-refractivity contribution in [3.8, 4) is 17.2 Å². The van der Waals surface area contributed by atoms with Crippen LogP contribution in [0.15, 0.2) is 28.7 Å². The Morgan fingerprint density at radius 1 is 1.29 bits per heavy atom. The van der Waals surface area contributed by atoms with Crippen LogP contribution in [0.4, 0.5) is 0 Å². The average molecular weight is 287 g/mol. The molecular formula is C16H21N3O2. The average Bonchev–Trinajstić information content (AvgIpc) is 2.89. The Kier molecular flexibility index (Phi) is 4.22. The van der Waals surface area contributed by atoms with Gasteiger partial charge in [0, 0.05) is 32.7 Å². The van der Waals surface area contributed by atoms with Crippen LogP contribution in [0, 0.1) is 6.92 Å². The number of methoxy groups -OCH3 is 1. The van der Waals surface area contributed by atoms with Gasteiger partial charge in [0.1, 0.15) is 11.5 Å². The predicted molar refractivity (Wildman–Crippen MR) is 81.4 cm³/mol. The first-order chi connectivity index (χ1) is 10.3. The van der Waals surface area contributed by atoms with E-state index in [4.69, 9.17) is 9.15 Å². The number of hydrogen-bond acceptors (Lipinski definition) is 5. The number of para-hydroxylation sites is 1. The van der Waals surface area contributed by atoms with Gasteiger partial charge in [-0.3, -0.25) is 4.90 Å². The standard InChI is InChI=1S/C16H21N3O2/c1-12-14(11-19-9-7-17-8-10-19)18-16(21-12)13-5-3-4-6-15(13)20-2/h3-6,17H,7-11H2,1-2H3. The second kappa shape index (κ2) is 6.28. The highest BCUT2D eigenvalue weighted by atomic mass is 16.5. The van der Waals surface area contributed by atoms with Gasteiger partial charge in [-0.15, -0.1) is 0 Å². The fourth-order valence-electron chi connectivity index (χ4n) is 2.59. The van der Waals surface area contributed by atoms with Gasteiger partial charge >= 0.3 is 0 Å². The van der Waals surface area contributed by atoms with E-state index in [1.165, 1.54) is 0 Å². The van der Waals surface area contributed by atoms with Gasteiger partial charge in [0.2, 0.25) is 5.89 Å². The summed E-state index contributed by atoms with van der Waals surface area (Å²) in [6, 6.07) is 7.80. The van der Waals surface area contributed by atoms with E-state index < -0.39 is 0 Å². The van der Waals surface area contributed by atoms with Crippen LogP contribution in [0.2, 0.25) is 0 Å². The lowest BCUT2D eigenvalue weighted by molar-refractivity contribution is 0.230. The molecule has 112 valence electrons. The number of aromatic nitrogens is 1. The molecule has 1 N–H and O–H groups in total. The minimum Gasteiger partial charge on any atom is -0.496 e. The molecule has 1 aliphatic heterocycles. The molecule has 0 spiro atoms. The van der Waals surface area contributed by atoms with E-state index in [9.17, 15) is 0 Å². The zero-order chi connectivity index (χ0) is 14.7. The van der Waals surface area contributed by atoms with Crippen molar-refractivity contribution in [1.82, 2.24) is 15.2 Å². The Hall–Kier alpha value is -1.85. The first-order valence-electron chi connectivity index (χ1n) is 7.30. The normalized spacial score (nSPS) is 16.1. The number of nitrogens with zero attached hydrogens (tertiary/aromatic N) is 2. The zero-order valence-corrected chi connectivity index (χ0v) is 12.6. The number of nitrogens with one attached hydrogen (secondary N) is 1. The molecule has 2 aromatic rings. The highest BCUT2D eigenvalue weighted by molar-refractivity contribution is 5.62. The minimum atomic E-state index is 0.634. The van der Waals surface area contributed by atoms with Crippen molar-refractivity contribution in [3.63, 3.8) is 0 Å². The molecule has 5 heteroatoms. The maximum atomic E-state index is 5.85. The second-order valence-corrected chi connectivity index (χ2v) is 5.25. The predicted octanol–water partition coefficient (Wildman–Crippen LogP) is 2.06. The fourth-order valence-corrected chi connectivity index (χ4v) is 2.59. The van der Waals surface area contributed by atoms with Crippen LogP contribution in [0.5, 0.6) is 5.75 Å². The van der Waals surface area contributed by atoms with Crippen LogP contribution in [-0.2, 0) is 6.54 Å². The Labute approximate surface area is 124 Å². The minimum absolute atomic E-state index is 0.634. The molecule has 0 bridgehead atoms. The summed E-state index contributed by atoms with van der Waals surface area (Å²) in [5, 5.41) is 3.36. The number of ether oxygens (including phenoxy) is 1. The largest absolute Gasteiger partial charge is 0.496 e. The molecule has 5 nitrogen and oxygen atoms in total. The number of aryl methyl sites for hydroxylation is 1. The smallest absolute Gasteiger partial charge is 0.230 e. The third-order valence-corrected chi connectivity index (χ3v) is 3.81. The highest BCUT2D eigenvalue weighted by Crippen LogP contribution is 2.30. The number of piperazine rings is 1. The topological polar surface area (TPSA) is 50.5 Å². The molecule has 3 rings (SSSR count). The highest BCUT2D eigenvalue weighted by Gasteiger charge is 2.18. The Morgan fingerprint density at radius 2 is 2.05 bits per heavy atom. The molecule has 21 heavy (non-hydrogen) atoms. The maximum Gasteiger partial charge on any atom is 0.230 e. The summed E-state index contributed by atoms with van der Waals surface area (Å²) in [5.41, 5.74) is 1.91. The van der Waals surface area contributed by atoms with Crippen LogP contribution < -0.4 is 10.1 Å². The van der Waals surface area contributed by atoms with E-state index in [0.29, 0.717) is 5.89 Å². The molecule has 1 aromatic heterocycles. The molecule has 0 saturated carbocycles. The quantitative estimate of drug-likeness (QED) is 0.933. The molecule has 1 aromatic carbocycles. The van der Waals surface area contributed by atoms with Crippen molar-refractivity contribution in [2.75, 3.05) is 33.3 Å². The van der Waals surface area contributed by atoms with Crippen LogP contribution in [0.3, 0.4) is 0 Å². The van der Waals surface area contributed by atoms with Crippen LogP contribution in [0.1, 0.15) is 11.5 Å². The molecule has 1 saturated heterocycles. The summed E-state index contributed by atoms with van der Waals surface area (Å²) in [7, 11) is 1.66. The number of hydrogen-bond donors (Lipinski definition) is 1. The van der Waals surface area contributed by atoms with E-state index >= 15 is 0 Å². The van der Waals surface area contributed by atoms with Gasteiger partial charge in [0.05, 0.1) is 18.4 Å². The van der Waals surface area contributed by atoms with Gasteiger partial charge in [-0.05, 0) is 19.1 Å². The van der Waals surface area contributed by atoms with Gasteiger partial charge in [0.25, 0.3) is 0 Å². The molecule has 2 heterocycles. The molecule has 0 radical (unpaired) electrons.